The minimum absolute atomic E-state index is 0. The van der Waals surface area contributed by atoms with Crippen LogP contribution in [-0.4, -0.2) is 17.5 Å². The molecule has 0 saturated carbocycles. The Morgan fingerprint density at radius 2 is 1.00 bits per heavy atom. The van der Waals surface area contributed by atoms with Crippen LogP contribution in [0.4, 0.5) is 0 Å². The third-order valence-corrected chi connectivity index (χ3v) is 0. The molecule has 53 valence electrons. The summed E-state index contributed by atoms with van der Waals surface area (Å²) in [6.45, 7) is 0. The second-order valence-electron chi connectivity index (χ2n) is 0.448. The smallest absolute Gasteiger partial charge is 1.00 e. The van der Waals surface area contributed by atoms with Gasteiger partial charge in [0.1, 0.15) is 0 Å². The van der Waals surface area contributed by atoms with Crippen molar-refractivity contribution in [2.75, 3.05) is 0 Å². The van der Waals surface area contributed by atoms with Crippen molar-refractivity contribution in [2.45, 2.75) is 0 Å². The van der Waals surface area contributed by atoms with Gasteiger partial charge in [-0.05, 0) is 0 Å². The minimum atomic E-state index is -4.67. The topological polar surface area (TPSA) is 74.6 Å². The van der Waals surface area contributed by atoms with Crippen LogP contribution in [0.3, 0.4) is 0 Å². The van der Waals surface area contributed by atoms with E-state index >= 15 is 0 Å². The van der Waals surface area contributed by atoms with E-state index in [0.29, 0.717) is 0 Å². The molecule has 0 bridgehead atoms. The Morgan fingerprint density at radius 1 is 1.00 bits per heavy atom. The summed E-state index contributed by atoms with van der Waals surface area (Å²) in [6, 6.07) is 0. The van der Waals surface area contributed by atoms with E-state index < -0.39 is 10.4 Å². The molecule has 0 heterocycles. The molecule has 0 atom stereocenters. The number of rotatable bonds is 0. The van der Waals surface area contributed by atoms with Crippen molar-refractivity contribution < 1.29 is 59.4 Å². The fourth-order valence-corrected chi connectivity index (χ4v) is 0. The van der Waals surface area contributed by atoms with Crippen molar-refractivity contribution in [3.05, 3.63) is 0 Å². The first-order chi connectivity index (χ1) is 2.00. The molecule has 0 aromatic carbocycles. The second kappa shape index (κ2) is 7.97. The predicted octanol–water partition coefficient (Wildman–Crippen LogP) is -6.65. The number of hydrogen-bond donors (Lipinski definition) is 2. The van der Waals surface area contributed by atoms with Gasteiger partial charge >= 0.3 is 27.5 Å². The summed E-state index contributed by atoms with van der Waals surface area (Å²) in [7, 11) is -4.67. The number of hydrogen-bond acceptors (Lipinski definition) is 2. The van der Waals surface area contributed by atoms with E-state index in [1.165, 1.54) is 0 Å². The summed E-state index contributed by atoms with van der Waals surface area (Å²) in [5.41, 5.74) is 0. The Bertz CT molecular complexity index is 97.2. The van der Waals surface area contributed by atoms with Gasteiger partial charge in [-0.15, -0.1) is 0 Å². The molecular weight excluding hydrogens is 222 g/mol. The molecule has 1 radical (unpaired) electrons. The second-order valence-corrected chi connectivity index (χ2v) is 1.34. The van der Waals surface area contributed by atoms with Gasteiger partial charge in [0, 0.05) is 0 Å². The van der Waals surface area contributed by atoms with Gasteiger partial charge in [-0.25, -0.2) is 0 Å². The molecule has 0 aromatic heterocycles. The Balaban J connectivity index is -0.0000000267. The summed E-state index contributed by atoms with van der Waals surface area (Å²) in [5, 5.41) is 0. The van der Waals surface area contributed by atoms with Gasteiger partial charge in [-0.2, -0.15) is 8.42 Å². The monoisotopic (exact) mass is 223 g/mol. The van der Waals surface area contributed by atoms with Crippen molar-refractivity contribution in [3.8, 4) is 0 Å². The van der Waals surface area contributed by atoms with E-state index in [2.05, 4.69) is 0 Å². The van der Waals surface area contributed by atoms with Crippen molar-refractivity contribution >= 4 is 10.4 Å². The third-order valence-electron chi connectivity index (χ3n) is 0. The van der Waals surface area contributed by atoms with Gasteiger partial charge in [0.2, 0.25) is 0 Å². The molecule has 8 heteroatoms. The average molecular weight is 224 g/mol. The van der Waals surface area contributed by atoms with E-state index in [1.807, 2.05) is 0 Å². The normalized spacial score (nSPS) is 7.25. The Morgan fingerprint density at radius 3 is 1.00 bits per heavy atom. The first-order valence-electron chi connectivity index (χ1n) is 0.698. The minimum Gasteiger partial charge on any atom is -1.00 e. The fraction of sp³-hybridized carbons (Fsp3) is 0. The quantitative estimate of drug-likeness (QED) is 0.317. The maximum Gasteiger partial charge on any atom is 2.00 e. The third kappa shape index (κ3) is 264. The van der Waals surface area contributed by atoms with Crippen LogP contribution in [-0.2, 0) is 27.5 Å². The number of halogens is 2. The Kier molecular flexibility index (Phi) is 23.0. The van der Waals surface area contributed by atoms with E-state index in [-0.39, 0.29) is 41.9 Å². The van der Waals surface area contributed by atoms with Crippen molar-refractivity contribution in [1.82, 2.24) is 0 Å². The average Bonchev–Trinajstić information content (AvgIpc) is 0.722. The van der Waals surface area contributed by atoms with Crippen LogP contribution < -0.4 is 24.8 Å². The van der Waals surface area contributed by atoms with Crippen LogP contribution in [0.25, 0.3) is 0 Å². The van der Waals surface area contributed by atoms with E-state index in [0.717, 1.165) is 0 Å². The van der Waals surface area contributed by atoms with Gasteiger partial charge in [0.05, 0.1) is 0 Å². The van der Waals surface area contributed by atoms with Gasteiger partial charge in [0.15, 0.2) is 0 Å². The molecule has 0 aromatic rings. The van der Waals surface area contributed by atoms with E-state index in [1.54, 1.807) is 0 Å². The Hall–Kier alpha value is 0.969. The van der Waals surface area contributed by atoms with Crippen LogP contribution >= 0.6 is 0 Å². The summed E-state index contributed by atoms with van der Waals surface area (Å²) in [4.78, 5) is 0. The molecule has 0 aliphatic carbocycles. The van der Waals surface area contributed by atoms with Gasteiger partial charge < -0.3 is 24.8 Å². The zero-order valence-corrected chi connectivity index (χ0v) is 6.76. The fourth-order valence-electron chi connectivity index (χ4n) is 0. The van der Waals surface area contributed by atoms with Crippen LogP contribution in [0, 0.1) is 0 Å². The molecule has 0 spiro atoms. The molecule has 0 saturated heterocycles. The summed E-state index contributed by atoms with van der Waals surface area (Å²) >= 11 is 0. The summed E-state index contributed by atoms with van der Waals surface area (Å²) in [6.07, 6.45) is 0. The molecule has 0 aliphatic rings. The first kappa shape index (κ1) is 23.1. The molecule has 0 fully saturated rings. The zero-order chi connectivity index (χ0) is 4.50. The maximum absolute atomic E-state index is 8.74. The maximum atomic E-state index is 8.74. The molecule has 0 rings (SSSR count). The standard InChI is InChI=1S/2ClH.Mn.H2O4S/c;;;1-5(2,3)4/h2*1H;;(H2,1,2,3,4)/q;;+2;/p-2. The van der Waals surface area contributed by atoms with Gasteiger partial charge in [0.25, 0.3) is 0 Å². The SMILES string of the molecule is O=S(=O)(O)O.[Cl-].[Cl-].[Mn+2]. The summed E-state index contributed by atoms with van der Waals surface area (Å²) < 4.78 is 31.6. The van der Waals surface area contributed by atoms with Crippen molar-refractivity contribution in [2.24, 2.45) is 0 Å². The zero-order valence-electron chi connectivity index (χ0n) is 3.25. The first-order valence-corrected chi connectivity index (χ1v) is 2.10. The summed E-state index contributed by atoms with van der Waals surface area (Å²) in [5.74, 6) is 0. The van der Waals surface area contributed by atoms with E-state index in [4.69, 9.17) is 17.5 Å². The molecular formula is H2Cl2MnO4S. The van der Waals surface area contributed by atoms with Crippen LogP contribution in [0.15, 0.2) is 0 Å². The van der Waals surface area contributed by atoms with Gasteiger partial charge in [-0.1, -0.05) is 0 Å². The van der Waals surface area contributed by atoms with Crippen LogP contribution in [0.2, 0.25) is 0 Å². The molecule has 0 aliphatic heterocycles. The van der Waals surface area contributed by atoms with Crippen molar-refractivity contribution in [3.63, 3.8) is 0 Å². The Labute approximate surface area is 69.9 Å². The van der Waals surface area contributed by atoms with E-state index in [9.17, 15) is 0 Å². The molecule has 0 unspecified atom stereocenters. The van der Waals surface area contributed by atoms with Gasteiger partial charge in [-0.3, -0.25) is 9.11 Å². The predicted molar refractivity (Wildman–Crippen MR) is 14.2 cm³/mol. The van der Waals surface area contributed by atoms with Crippen LogP contribution in [0.1, 0.15) is 0 Å². The molecule has 0 amide bonds. The molecule has 2 N–H and O–H groups in total. The molecule has 8 heavy (non-hydrogen) atoms. The largest absolute Gasteiger partial charge is 2.00 e. The van der Waals surface area contributed by atoms with Crippen LogP contribution in [0.5, 0.6) is 0 Å². The van der Waals surface area contributed by atoms with Crippen molar-refractivity contribution in [1.29, 1.82) is 0 Å². The molecule has 4 nitrogen and oxygen atoms in total.